The van der Waals surface area contributed by atoms with Crippen molar-refractivity contribution in [2.45, 2.75) is 11.7 Å². The van der Waals surface area contributed by atoms with Crippen LogP contribution in [0.1, 0.15) is 6.42 Å². The van der Waals surface area contributed by atoms with Gasteiger partial charge in [0.1, 0.15) is 0 Å². The number of nitrogens with zero attached hydrogens (tertiary/aromatic N) is 1. The highest BCUT2D eigenvalue weighted by molar-refractivity contribution is 9.10. The van der Waals surface area contributed by atoms with Crippen molar-refractivity contribution in [3.8, 4) is 0 Å². The zero-order valence-corrected chi connectivity index (χ0v) is 12.0. The van der Waals surface area contributed by atoms with Crippen molar-refractivity contribution in [2.75, 3.05) is 17.2 Å². The van der Waals surface area contributed by atoms with Gasteiger partial charge in [-0.15, -0.1) is 11.8 Å². The first-order valence-corrected chi connectivity index (χ1v) is 7.41. The topological polar surface area (TPSA) is 63.4 Å². The van der Waals surface area contributed by atoms with Crippen molar-refractivity contribution in [1.29, 1.82) is 0 Å². The van der Waals surface area contributed by atoms with E-state index in [9.17, 15) is 9.59 Å². The molecule has 1 aromatic carbocycles. The van der Waals surface area contributed by atoms with Crippen molar-refractivity contribution in [3.05, 3.63) is 28.7 Å². The minimum atomic E-state index is -0.287. The molecule has 0 aromatic heterocycles. The number of thioether (sulfide) groups is 1. The molecule has 1 fully saturated rings. The van der Waals surface area contributed by atoms with Gasteiger partial charge < -0.3 is 5.73 Å². The molecule has 1 aliphatic rings. The minimum absolute atomic E-state index is 0.138. The largest absolute Gasteiger partial charge is 0.330 e. The maximum absolute atomic E-state index is 12.1. The van der Waals surface area contributed by atoms with Gasteiger partial charge in [0.15, 0.2) is 0 Å². The number of nitrogens with two attached hydrogens (primary N) is 1. The number of carbonyl (C=O) groups excluding carboxylic acids is 2. The van der Waals surface area contributed by atoms with Crippen LogP contribution < -0.4 is 10.6 Å². The molecule has 1 unspecified atom stereocenters. The van der Waals surface area contributed by atoms with Crippen LogP contribution in [0, 0.1) is 0 Å². The van der Waals surface area contributed by atoms with Gasteiger partial charge in [0.2, 0.25) is 11.8 Å². The Morgan fingerprint density at radius 1 is 1.33 bits per heavy atom. The smallest absolute Gasteiger partial charge is 0.247 e. The molecule has 1 aromatic rings. The molecule has 2 N–H and O–H groups in total. The van der Waals surface area contributed by atoms with Crippen LogP contribution in [-0.4, -0.2) is 29.4 Å². The Morgan fingerprint density at radius 3 is 2.61 bits per heavy atom. The van der Waals surface area contributed by atoms with Crippen LogP contribution >= 0.6 is 27.7 Å². The Hall–Kier alpha value is -0.850. The highest BCUT2D eigenvalue weighted by atomic mass is 79.9. The number of rotatable bonds is 4. The molecule has 4 nitrogen and oxygen atoms in total. The number of carbonyl (C=O) groups is 2. The summed E-state index contributed by atoms with van der Waals surface area (Å²) < 4.78 is 0.916. The van der Waals surface area contributed by atoms with Crippen molar-refractivity contribution in [2.24, 2.45) is 5.73 Å². The maximum Gasteiger partial charge on any atom is 0.247 e. The minimum Gasteiger partial charge on any atom is -0.330 e. The molecule has 0 saturated carbocycles. The standard InChI is InChI=1S/C12H13BrN2O2S/c13-8-1-3-9(4-2-8)15-11(16)7-10(12(15)17)18-6-5-14/h1-4,10H,5-7,14H2. The summed E-state index contributed by atoms with van der Waals surface area (Å²) in [4.78, 5) is 25.3. The normalized spacial score (nSPS) is 19.7. The summed E-state index contributed by atoms with van der Waals surface area (Å²) in [5, 5.41) is -0.287. The summed E-state index contributed by atoms with van der Waals surface area (Å²) in [6.07, 6.45) is 0.263. The second kappa shape index (κ2) is 5.86. The molecule has 1 saturated heterocycles. The Morgan fingerprint density at radius 2 is 2.00 bits per heavy atom. The number of halogens is 1. The fourth-order valence-electron chi connectivity index (χ4n) is 1.81. The molecule has 0 spiro atoms. The summed E-state index contributed by atoms with van der Waals surface area (Å²) in [6, 6.07) is 7.15. The number of anilines is 1. The van der Waals surface area contributed by atoms with E-state index in [0.29, 0.717) is 18.0 Å². The van der Waals surface area contributed by atoms with Crippen molar-refractivity contribution >= 4 is 45.2 Å². The molecule has 0 aliphatic carbocycles. The Balaban J connectivity index is 2.16. The SMILES string of the molecule is NCCSC1CC(=O)N(c2ccc(Br)cc2)C1=O. The fraction of sp³-hybridized carbons (Fsp3) is 0.333. The summed E-state index contributed by atoms with van der Waals surface area (Å²) in [5.41, 5.74) is 6.04. The second-order valence-corrected chi connectivity index (χ2v) is 6.12. The molecule has 96 valence electrons. The summed E-state index contributed by atoms with van der Waals surface area (Å²) in [7, 11) is 0. The average molecular weight is 329 g/mol. The van der Waals surface area contributed by atoms with E-state index in [4.69, 9.17) is 5.73 Å². The van der Waals surface area contributed by atoms with Crippen LogP contribution in [0.4, 0.5) is 5.69 Å². The third kappa shape index (κ3) is 2.76. The molecular formula is C12H13BrN2O2S. The summed E-state index contributed by atoms with van der Waals surface area (Å²) in [5.74, 6) is 0.412. The van der Waals surface area contributed by atoms with Gasteiger partial charge in [-0.2, -0.15) is 0 Å². The van der Waals surface area contributed by atoms with E-state index >= 15 is 0 Å². The van der Waals surface area contributed by atoms with Crippen LogP contribution in [0.5, 0.6) is 0 Å². The van der Waals surface area contributed by atoms with Crippen LogP contribution in [0.25, 0.3) is 0 Å². The van der Waals surface area contributed by atoms with Gasteiger partial charge in [-0.3, -0.25) is 9.59 Å². The summed E-state index contributed by atoms with van der Waals surface area (Å²) in [6.45, 7) is 0.515. The molecule has 6 heteroatoms. The number of hydrogen-bond acceptors (Lipinski definition) is 4. The van der Waals surface area contributed by atoms with E-state index in [1.165, 1.54) is 16.7 Å². The lowest BCUT2D eigenvalue weighted by molar-refractivity contribution is -0.121. The number of benzene rings is 1. The third-order valence-corrected chi connectivity index (χ3v) is 4.40. The number of hydrogen-bond donors (Lipinski definition) is 1. The van der Waals surface area contributed by atoms with E-state index in [0.717, 1.165) is 4.47 Å². The van der Waals surface area contributed by atoms with Gasteiger partial charge in [-0.25, -0.2) is 4.90 Å². The first-order valence-electron chi connectivity index (χ1n) is 5.57. The highest BCUT2D eigenvalue weighted by Gasteiger charge is 2.39. The first-order chi connectivity index (χ1) is 8.63. The predicted molar refractivity (Wildman–Crippen MR) is 76.6 cm³/mol. The van der Waals surface area contributed by atoms with E-state index in [1.54, 1.807) is 12.1 Å². The summed E-state index contributed by atoms with van der Waals surface area (Å²) >= 11 is 4.78. The van der Waals surface area contributed by atoms with Gasteiger partial charge >= 0.3 is 0 Å². The van der Waals surface area contributed by atoms with Gasteiger partial charge in [-0.05, 0) is 24.3 Å². The Labute approximate surface area is 118 Å². The zero-order chi connectivity index (χ0) is 13.1. The van der Waals surface area contributed by atoms with Crippen LogP contribution in [0.2, 0.25) is 0 Å². The van der Waals surface area contributed by atoms with Crippen LogP contribution in [0.3, 0.4) is 0 Å². The van der Waals surface area contributed by atoms with Crippen molar-refractivity contribution in [1.82, 2.24) is 0 Å². The lowest BCUT2D eigenvalue weighted by atomic mass is 10.3. The molecule has 1 aliphatic heterocycles. The molecule has 0 bridgehead atoms. The second-order valence-electron chi connectivity index (χ2n) is 3.90. The molecule has 1 atom stereocenters. The lowest BCUT2D eigenvalue weighted by Gasteiger charge is -2.14. The van der Waals surface area contributed by atoms with Crippen molar-refractivity contribution < 1.29 is 9.59 Å². The van der Waals surface area contributed by atoms with Gasteiger partial charge in [0.25, 0.3) is 0 Å². The van der Waals surface area contributed by atoms with E-state index < -0.39 is 0 Å². The molecule has 18 heavy (non-hydrogen) atoms. The number of amides is 2. The van der Waals surface area contributed by atoms with Gasteiger partial charge in [-0.1, -0.05) is 15.9 Å². The van der Waals surface area contributed by atoms with E-state index in [-0.39, 0.29) is 23.5 Å². The van der Waals surface area contributed by atoms with Gasteiger partial charge in [0, 0.05) is 23.2 Å². The average Bonchev–Trinajstić information content (AvgIpc) is 2.63. The first kappa shape index (κ1) is 13.6. The molecule has 0 radical (unpaired) electrons. The molecule has 1 heterocycles. The van der Waals surface area contributed by atoms with Crippen LogP contribution in [0.15, 0.2) is 28.7 Å². The molecule has 2 rings (SSSR count). The van der Waals surface area contributed by atoms with Crippen molar-refractivity contribution in [3.63, 3.8) is 0 Å². The van der Waals surface area contributed by atoms with E-state index in [1.807, 2.05) is 12.1 Å². The monoisotopic (exact) mass is 328 g/mol. The Bertz CT molecular complexity index is 464. The third-order valence-electron chi connectivity index (χ3n) is 2.63. The predicted octanol–water partition coefficient (Wildman–Crippen LogP) is 1.77. The quantitative estimate of drug-likeness (QED) is 0.855. The number of imide groups is 1. The Kier molecular flexibility index (Phi) is 4.42. The van der Waals surface area contributed by atoms with Gasteiger partial charge in [0.05, 0.1) is 10.9 Å². The zero-order valence-electron chi connectivity index (χ0n) is 9.64. The maximum atomic E-state index is 12.1. The molecular weight excluding hydrogens is 316 g/mol. The van der Waals surface area contributed by atoms with Crippen LogP contribution in [-0.2, 0) is 9.59 Å². The highest BCUT2D eigenvalue weighted by Crippen LogP contribution is 2.29. The van der Waals surface area contributed by atoms with E-state index in [2.05, 4.69) is 15.9 Å². The fourth-order valence-corrected chi connectivity index (χ4v) is 3.00. The molecule has 2 amide bonds. The lowest BCUT2D eigenvalue weighted by Crippen LogP contribution is -2.31.